The zero-order valence-corrected chi connectivity index (χ0v) is 12.4. The molecule has 0 radical (unpaired) electrons. The average Bonchev–Trinajstić information content (AvgIpc) is 2.43. The van der Waals surface area contributed by atoms with Crippen molar-refractivity contribution in [3.63, 3.8) is 0 Å². The lowest BCUT2D eigenvalue weighted by Crippen LogP contribution is -2.58. The third-order valence-electron chi connectivity index (χ3n) is 3.86. The summed E-state index contributed by atoms with van der Waals surface area (Å²) in [6.07, 6.45) is 0. The number of hydrogen-bond acceptors (Lipinski definition) is 4. The molecule has 0 spiro atoms. The minimum absolute atomic E-state index is 0.0969. The van der Waals surface area contributed by atoms with Crippen molar-refractivity contribution < 1.29 is 9.90 Å². The van der Waals surface area contributed by atoms with E-state index in [0.717, 1.165) is 31.7 Å². The minimum Gasteiger partial charge on any atom is -0.506 e. The first kappa shape index (κ1) is 14.8. The molecule has 1 aliphatic rings. The maximum absolute atomic E-state index is 12.5. The van der Waals surface area contributed by atoms with Gasteiger partial charge in [-0.15, -0.1) is 0 Å². The first-order valence-electron chi connectivity index (χ1n) is 6.98. The number of phenols is 1. The van der Waals surface area contributed by atoms with Crippen molar-refractivity contribution in [2.75, 3.05) is 31.5 Å². The van der Waals surface area contributed by atoms with E-state index in [1.54, 1.807) is 12.1 Å². The van der Waals surface area contributed by atoms with Gasteiger partial charge >= 0.3 is 0 Å². The van der Waals surface area contributed by atoms with Crippen LogP contribution in [0.1, 0.15) is 19.4 Å². The molecule has 5 nitrogen and oxygen atoms in total. The number of piperazine rings is 1. The first-order valence-corrected chi connectivity index (χ1v) is 6.98. The normalized spacial score (nSPS) is 16.9. The SMILES string of the molecule is Cc1ccc(O)c(NC(=O)C(C)(C)N2CCNCC2)c1. The third-order valence-corrected chi connectivity index (χ3v) is 3.86. The quantitative estimate of drug-likeness (QED) is 0.729. The van der Waals surface area contributed by atoms with E-state index in [1.807, 2.05) is 26.8 Å². The van der Waals surface area contributed by atoms with Gasteiger partial charge in [0.15, 0.2) is 0 Å². The topological polar surface area (TPSA) is 64.6 Å². The number of anilines is 1. The smallest absolute Gasteiger partial charge is 0.244 e. The summed E-state index contributed by atoms with van der Waals surface area (Å²) in [6, 6.07) is 5.19. The maximum Gasteiger partial charge on any atom is 0.244 e. The fourth-order valence-corrected chi connectivity index (χ4v) is 2.39. The first-order chi connectivity index (χ1) is 9.41. The lowest BCUT2D eigenvalue weighted by Gasteiger charge is -2.39. The van der Waals surface area contributed by atoms with E-state index in [1.165, 1.54) is 0 Å². The monoisotopic (exact) mass is 277 g/mol. The molecule has 1 aliphatic heterocycles. The van der Waals surface area contributed by atoms with E-state index in [9.17, 15) is 9.90 Å². The number of phenolic OH excluding ortho intramolecular Hbond substituents is 1. The second-order valence-corrected chi connectivity index (χ2v) is 5.77. The summed E-state index contributed by atoms with van der Waals surface area (Å²) in [7, 11) is 0. The van der Waals surface area contributed by atoms with Gasteiger partial charge in [0.05, 0.1) is 11.2 Å². The number of carbonyl (C=O) groups excluding carboxylic acids is 1. The molecule has 2 rings (SSSR count). The molecular weight excluding hydrogens is 254 g/mol. The molecule has 0 saturated carbocycles. The molecular formula is C15H23N3O2. The summed E-state index contributed by atoms with van der Waals surface area (Å²) in [4.78, 5) is 14.7. The Balaban J connectivity index is 2.11. The van der Waals surface area contributed by atoms with Crippen LogP contribution in [0.4, 0.5) is 5.69 Å². The van der Waals surface area contributed by atoms with Crippen LogP contribution in [-0.2, 0) is 4.79 Å². The molecule has 0 unspecified atom stereocenters. The van der Waals surface area contributed by atoms with Gasteiger partial charge in [-0.3, -0.25) is 9.69 Å². The minimum atomic E-state index is -0.599. The number of aryl methyl sites for hydroxylation is 1. The number of nitrogens with one attached hydrogen (secondary N) is 2. The van der Waals surface area contributed by atoms with Crippen molar-refractivity contribution in [2.24, 2.45) is 0 Å². The highest BCUT2D eigenvalue weighted by Crippen LogP contribution is 2.26. The van der Waals surface area contributed by atoms with E-state index in [4.69, 9.17) is 0 Å². The zero-order valence-electron chi connectivity index (χ0n) is 12.4. The highest BCUT2D eigenvalue weighted by molar-refractivity contribution is 5.98. The van der Waals surface area contributed by atoms with Gasteiger partial charge in [-0.1, -0.05) is 6.07 Å². The van der Waals surface area contributed by atoms with Crippen LogP contribution in [0, 0.1) is 6.92 Å². The van der Waals surface area contributed by atoms with Gasteiger partial charge in [0.25, 0.3) is 0 Å². The average molecular weight is 277 g/mol. The number of nitrogens with zero attached hydrogens (tertiary/aromatic N) is 1. The van der Waals surface area contributed by atoms with Gasteiger partial charge in [0.2, 0.25) is 5.91 Å². The fourth-order valence-electron chi connectivity index (χ4n) is 2.39. The van der Waals surface area contributed by atoms with Crippen LogP contribution < -0.4 is 10.6 Å². The molecule has 1 heterocycles. The van der Waals surface area contributed by atoms with Crippen molar-refractivity contribution in [1.29, 1.82) is 0 Å². The summed E-state index contributed by atoms with van der Waals surface area (Å²) < 4.78 is 0. The van der Waals surface area contributed by atoms with E-state index in [-0.39, 0.29) is 11.7 Å². The summed E-state index contributed by atoms with van der Waals surface area (Å²) in [6.45, 7) is 9.25. The van der Waals surface area contributed by atoms with Crippen LogP contribution in [0.25, 0.3) is 0 Å². The van der Waals surface area contributed by atoms with Gasteiger partial charge in [0.1, 0.15) is 5.75 Å². The Hall–Kier alpha value is -1.59. The zero-order chi connectivity index (χ0) is 14.8. The number of carbonyl (C=O) groups is 1. The number of amides is 1. The Kier molecular flexibility index (Phi) is 4.30. The lowest BCUT2D eigenvalue weighted by molar-refractivity contribution is -0.126. The third kappa shape index (κ3) is 3.11. The van der Waals surface area contributed by atoms with Crippen LogP contribution in [-0.4, -0.2) is 47.6 Å². The molecule has 0 bridgehead atoms. The lowest BCUT2D eigenvalue weighted by atomic mass is 10.00. The molecule has 3 N–H and O–H groups in total. The molecule has 0 atom stereocenters. The predicted molar refractivity (Wildman–Crippen MR) is 80.0 cm³/mol. The summed E-state index contributed by atoms with van der Waals surface area (Å²) in [5.41, 5.74) is 0.870. The van der Waals surface area contributed by atoms with E-state index in [0.29, 0.717) is 5.69 Å². The van der Waals surface area contributed by atoms with Gasteiger partial charge in [-0.2, -0.15) is 0 Å². The molecule has 20 heavy (non-hydrogen) atoms. The molecule has 5 heteroatoms. The van der Waals surface area contributed by atoms with Crippen LogP contribution in [0.2, 0.25) is 0 Å². The Bertz CT molecular complexity index is 494. The molecule has 1 aromatic carbocycles. The summed E-state index contributed by atoms with van der Waals surface area (Å²) >= 11 is 0. The van der Waals surface area contributed by atoms with E-state index in [2.05, 4.69) is 15.5 Å². The van der Waals surface area contributed by atoms with E-state index < -0.39 is 5.54 Å². The van der Waals surface area contributed by atoms with Crippen molar-refractivity contribution in [3.8, 4) is 5.75 Å². The van der Waals surface area contributed by atoms with Crippen molar-refractivity contribution in [3.05, 3.63) is 23.8 Å². The molecule has 0 aromatic heterocycles. The number of benzene rings is 1. The molecule has 110 valence electrons. The van der Waals surface area contributed by atoms with Gasteiger partial charge in [0, 0.05) is 26.2 Å². The number of aromatic hydroxyl groups is 1. The van der Waals surface area contributed by atoms with Crippen molar-refractivity contribution >= 4 is 11.6 Å². The Morgan fingerprint density at radius 3 is 2.65 bits per heavy atom. The highest BCUT2D eigenvalue weighted by atomic mass is 16.3. The molecule has 1 amide bonds. The van der Waals surface area contributed by atoms with Crippen molar-refractivity contribution in [2.45, 2.75) is 26.3 Å². The number of hydrogen-bond donors (Lipinski definition) is 3. The molecule has 1 saturated heterocycles. The maximum atomic E-state index is 12.5. The number of rotatable bonds is 3. The summed E-state index contributed by atoms with van der Waals surface area (Å²) in [5, 5.41) is 15.9. The van der Waals surface area contributed by atoms with Crippen LogP contribution in [0.5, 0.6) is 5.75 Å². The Morgan fingerprint density at radius 2 is 2.00 bits per heavy atom. The van der Waals surface area contributed by atoms with Crippen LogP contribution in [0.3, 0.4) is 0 Å². The fraction of sp³-hybridized carbons (Fsp3) is 0.533. The summed E-state index contributed by atoms with van der Waals surface area (Å²) in [5.74, 6) is 0.000334. The largest absolute Gasteiger partial charge is 0.506 e. The van der Waals surface area contributed by atoms with Crippen LogP contribution >= 0.6 is 0 Å². The molecule has 1 fully saturated rings. The van der Waals surface area contributed by atoms with Gasteiger partial charge < -0.3 is 15.7 Å². The molecule has 0 aliphatic carbocycles. The highest BCUT2D eigenvalue weighted by Gasteiger charge is 2.35. The van der Waals surface area contributed by atoms with Crippen molar-refractivity contribution in [1.82, 2.24) is 10.2 Å². The Morgan fingerprint density at radius 1 is 1.35 bits per heavy atom. The van der Waals surface area contributed by atoms with Gasteiger partial charge in [-0.05, 0) is 38.5 Å². The second-order valence-electron chi connectivity index (χ2n) is 5.77. The predicted octanol–water partition coefficient (Wildman–Crippen LogP) is 1.32. The van der Waals surface area contributed by atoms with Crippen LogP contribution in [0.15, 0.2) is 18.2 Å². The standard InChI is InChI=1S/C15H23N3O2/c1-11-4-5-13(19)12(10-11)17-14(20)15(2,3)18-8-6-16-7-9-18/h4-5,10,16,19H,6-9H2,1-3H3,(H,17,20). The molecule has 1 aromatic rings. The van der Waals surface area contributed by atoms with Gasteiger partial charge in [-0.25, -0.2) is 0 Å². The Labute approximate surface area is 120 Å². The second kappa shape index (κ2) is 5.81. The van der Waals surface area contributed by atoms with E-state index >= 15 is 0 Å².